The van der Waals surface area contributed by atoms with Crippen molar-refractivity contribution in [1.29, 1.82) is 0 Å². The van der Waals surface area contributed by atoms with Crippen LogP contribution < -0.4 is 0 Å². The second-order valence-electron chi connectivity index (χ2n) is 5.02. The van der Waals surface area contributed by atoms with Gasteiger partial charge in [0.2, 0.25) is 0 Å². The van der Waals surface area contributed by atoms with Crippen LogP contribution in [0.3, 0.4) is 0 Å². The smallest absolute Gasteiger partial charge is 0.357 e. The molecule has 0 amide bonds. The predicted octanol–water partition coefficient (Wildman–Crippen LogP) is 1.48. The summed E-state index contributed by atoms with van der Waals surface area (Å²) in [6.07, 6.45) is -0.451. The molecule has 140 valence electrons. The van der Waals surface area contributed by atoms with Crippen molar-refractivity contribution in [2.75, 3.05) is 46.8 Å². The standard InChI is InChI=1S/C17H25NO7/c1-4-22-10-11-24-16(19)14-6-5-7-15(18-14)17(20)25-13(2)12-23-9-8-21-3/h5-7,13H,4,8-12H2,1-3H3. The molecule has 1 unspecified atom stereocenters. The minimum Gasteiger partial charge on any atom is -0.459 e. The van der Waals surface area contributed by atoms with Crippen LogP contribution in [-0.2, 0) is 23.7 Å². The van der Waals surface area contributed by atoms with E-state index in [-0.39, 0.29) is 24.6 Å². The first kappa shape index (κ1) is 21.0. The summed E-state index contributed by atoms with van der Waals surface area (Å²) < 4.78 is 25.5. The minimum atomic E-state index is -0.633. The monoisotopic (exact) mass is 355 g/mol. The normalized spacial score (nSPS) is 11.8. The Kier molecular flexibility index (Phi) is 10.4. The summed E-state index contributed by atoms with van der Waals surface area (Å²) >= 11 is 0. The molecule has 0 N–H and O–H groups in total. The third-order valence-electron chi connectivity index (χ3n) is 2.92. The van der Waals surface area contributed by atoms with Crippen molar-refractivity contribution >= 4 is 11.9 Å². The maximum atomic E-state index is 12.1. The van der Waals surface area contributed by atoms with Crippen LogP contribution in [0.2, 0.25) is 0 Å². The fourth-order valence-corrected chi connectivity index (χ4v) is 1.74. The number of pyridine rings is 1. The highest BCUT2D eigenvalue weighted by molar-refractivity contribution is 5.91. The number of esters is 2. The van der Waals surface area contributed by atoms with Gasteiger partial charge in [-0.3, -0.25) is 0 Å². The zero-order valence-corrected chi connectivity index (χ0v) is 14.9. The van der Waals surface area contributed by atoms with Crippen molar-refractivity contribution in [1.82, 2.24) is 4.98 Å². The molecule has 0 saturated heterocycles. The largest absolute Gasteiger partial charge is 0.459 e. The molecule has 8 nitrogen and oxygen atoms in total. The number of carbonyl (C=O) groups excluding carboxylic acids is 2. The van der Waals surface area contributed by atoms with Crippen molar-refractivity contribution in [3.8, 4) is 0 Å². The van der Waals surface area contributed by atoms with Gasteiger partial charge in [-0.25, -0.2) is 14.6 Å². The third-order valence-corrected chi connectivity index (χ3v) is 2.92. The van der Waals surface area contributed by atoms with E-state index in [4.69, 9.17) is 23.7 Å². The lowest BCUT2D eigenvalue weighted by Crippen LogP contribution is -2.22. The minimum absolute atomic E-state index is 0.0306. The van der Waals surface area contributed by atoms with Crippen LogP contribution >= 0.6 is 0 Å². The van der Waals surface area contributed by atoms with E-state index in [1.54, 1.807) is 20.1 Å². The van der Waals surface area contributed by atoms with E-state index >= 15 is 0 Å². The Labute approximate surface area is 147 Å². The highest BCUT2D eigenvalue weighted by Gasteiger charge is 2.16. The van der Waals surface area contributed by atoms with E-state index in [2.05, 4.69) is 4.98 Å². The average molecular weight is 355 g/mol. The Balaban J connectivity index is 2.49. The summed E-state index contributed by atoms with van der Waals surface area (Å²) in [5.74, 6) is -1.25. The van der Waals surface area contributed by atoms with Crippen LogP contribution in [0.15, 0.2) is 18.2 Å². The van der Waals surface area contributed by atoms with E-state index in [1.165, 1.54) is 12.1 Å². The molecule has 0 aromatic carbocycles. The van der Waals surface area contributed by atoms with Crippen LogP contribution in [0.5, 0.6) is 0 Å². The molecule has 1 rings (SSSR count). The number of carbonyl (C=O) groups is 2. The molecule has 0 spiro atoms. The molecule has 0 radical (unpaired) electrons. The molecule has 1 heterocycles. The Morgan fingerprint density at radius 2 is 1.72 bits per heavy atom. The van der Waals surface area contributed by atoms with Gasteiger partial charge in [0, 0.05) is 13.7 Å². The van der Waals surface area contributed by atoms with Gasteiger partial charge in [-0.15, -0.1) is 0 Å². The van der Waals surface area contributed by atoms with Crippen LogP contribution in [0.1, 0.15) is 34.8 Å². The van der Waals surface area contributed by atoms with E-state index < -0.39 is 18.0 Å². The van der Waals surface area contributed by atoms with E-state index in [0.717, 1.165) is 0 Å². The molecule has 0 aliphatic rings. The van der Waals surface area contributed by atoms with Gasteiger partial charge in [0.1, 0.15) is 24.1 Å². The van der Waals surface area contributed by atoms with Gasteiger partial charge < -0.3 is 23.7 Å². The number of hydrogen-bond donors (Lipinski definition) is 0. The lowest BCUT2D eigenvalue weighted by Gasteiger charge is -2.13. The predicted molar refractivity (Wildman–Crippen MR) is 88.6 cm³/mol. The van der Waals surface area contributed by atoms with Gasteiger partial charge in [-0.2, -0.15) is 0 Å². The van der Waals surface area contributed by atoms with Gasteiger partial charge in [-0.05, 0) is 26.0 Å². The average Bonchev–Trinajstić information content (AvgIpc) is 2.62. The fourth-order valence-electron chi connectivity index (χ4n) is 1.74. The molecule has 25 heavy (non-hydrogen) atoms. The first-order valence-corrected chi connectivity index (χ1v) is 8.08. The van der Waals surface area contributed by atoms with Crippen LogP contribution in [-0.4, -0.2) is 69.8 Å². The van der Waals surface area contributed by atoms with E-state index in [1.807, 2.05) is 6.92 Å². The van der Waals surface area contributed by atoms with Gasteiger partial charge >= 0.3 is 11.9 Å². The molecule has 8 heteroatoms. The molecule has 0 aliphatic heterocycles. The number of rotatable bonds is 12. The molecule has 1 atom stereocenters. The highest BCUT2D eigenvalue weighted by atomic mass is 16.6. The summed E-state index contributed by atoms with van der Waals surface area (Å²) in [6.45, 7) is 5.66. The number of nitrogens with zero attached hydrogens (tertiary/aromatic N) is 1. The van der Waals surface area contributed by atoms with Gasteiger partial charge in [0.25, 0.3) is 0 Å². The third kappa shape index (κ3) is 8.57. The van der Waals surface area contributed by atoms with Crippen LogP contribution in [0, 0.1) is 0 Å². The maximum absolute atomic E-state index is 12.1. The Bertz CT molecular complexity index is 535. The van der Waals surface area contributed by atoms with Crippen LogP contribution in [0.4, 0.5) is 0 Å². The van der Waals surface area contributed by atoms with Gasteiger partial charge in [0.15, 0.2) is 0 Å². The number of methoxy groups -OCH3 is 1. The Morgan fingerprint density at radius 1 is 1.04 bits per heavy atom. The Hall–Kier alpha value is -2.03. The maximum Gasteiger partial charge on any atom is 0.357 e. The zero-order valence-electron chi connectivity index (χ0n) is 14.9. The number of aromatic nitrogens is 1. The lowest BCUT2D eigenvalue weighted by atomic mass is 10.3. The van der Waals surface area contributed by atoms with Gasteiger partial charge in [0.05, 0.1) is 26.4 Å². The van der Waals surface area contributed by atoms with E-state index in [0.29, 0.717) is 26.4 Å². The number of hydrogen-bond acceptors (Lipinski definition) is 8. The second-order valence-corrected chi connectivity index (χ2v) is 5.02. The molecule has 1 aromatic heterocycles. The molecular formula is C17H25NO7. The summed E-state index contributed by atoms with van der Waals surface area (Å²) in [5.41, 5.74) is 0.0675. The lowest BCUT2D eigenvalue weighted by molar-refractivity contribution is -0.00787. The SMILES string of the molecule is CCOCCOC(=O)c1cccc(C(=O)OC(C)COCCOC)n1. The van der Waals surface area contributed by atoms with Crippen molar-refractivity contribution in [2.45, 2.75) is 20.0 Å². The van der Waals surface area contributed by atoms with Crippen LogP contribution in [0.25, 0.3) is 0 Å². The molecule has 0 fully saturated rings. The second kappa shape index (κ2) is 12.3. The highest BCUT2D eigenvalue weighted by Crippen LogP contribution is 2.05. The van der Waals surface area contributed by atoms with Crippen molar-refractivity contribution in [3.63, 3.8) is 0 Å². The molecule has 0 saturated carbocycles. The first-order valence-electron chi connectivity index (χ1n) is 8.08. The van der Waals surface area contributed by atoms with Crippen molar-refractivity contribution < 1.29 is 33.3 Å². The topological polar surface area (TPSA) is 93.2 Å². The van der Waals surface area contributed by atoms with Gasteiger partial charge in [-0.1, -0.05) is 6.07 Å². The Morgan fingerprint density at radius 3 is 2.40 bits per heavy atom. The first-order chi connectivity index (χ1) is 12.1. The molecule has 1 aromatic rings. The summed E-state index contributed by atoms with van der Waals surface area (Å²) in [7, 11) is 1.58. The van der Waals surface area contributed by atoms with E-state index in [9.17, 15) is 9.59 Å². The summed E-state index contributed by atoms with van der Waals surface area (Å²) in [4.78, 5) is 27.9. The summed E-state index contributed by atoms with van der Waals surface area (Å²) in [5, 5.41) is 0. The zero-order chi connectivity index (χ0) is 18.5. The fraction of sp³-hybridized carbons (Fsp3) is 0.588. The number of ether oxygens (including phenoxy) is 5. The summed E-state index contributed by atoms with van der Waals surface area (Å²) in [6, 6.07) is 4.48. The quantitative estimate of drug-likeness (QED) is 0.411. The van der Waals surface area contributed by atoms with Crippen molar-refractivity contribution in [3.05, 3.63) is 29.6 Å². The molecule has 0 bridgehead atoms. The molecular weight excluding hydrogens is 330 g/mol. The molecule has 0 aliphatic carbocycles. The van der Waals surface area contributed by atoms with Crippen molar-refractivity contribution in [2.24, 2.45) is 0 Å².